The van der Waals surface area contributed by atoms with Crippen LogP contribution in [0.15, 0.2) is 67.0 Å². The van der Waals surface area contributed by atoms with E-state index in [0.29, 0.717) is 10.9 Å². The molecule has 1 fully saturated rings. The molecule has 0 saturated carbocycles. The Morgan fingerprint density at radius 1 is 0.917 bits per heavy atom. The van der Waals surface area contributed by atoms with Gasteiger partial charge < -0.3 is 24.3 Å². The fourth-order valence-corrected chi connectivity index (χ4v) is 5.34. The second kappa shape index (κ2) is 9.62. The largest absolute Gasteiger partial charge is 0.497 e. The van der Waals surface area contributed by atoms with Crippen LogP contribution in [0.1, 0.15) is 40.3 Å². The third-order valence-corrected chi connectivity index (χ3v) is 6.98. The van der Waals surface area contributed by atoms with E-state index in [-0.39, 0.29) is 12.1 Å². The summed E-state index contributed by atoms with van der Waals surface area (Å²) in [5.74, 6) is 2.29. The number of ether oxygens (including phenoxy) is 2. The molecule has 5 rings (SSSR count). The maximum Gasteiger partial charge on any atom is 0.174 e. The third-order valence-electron chi connectivity index (χ3n) is 6.66. The summed E-state index contributed by atoms with van der Waals surface area (Å²) in [6.45, 7) is 6.32. The van der Waals surface area contributed by atoms with Gasteiger partial charge in [0.05, 0.1) is 37.7 Å². The van der Waals surface area contributed by atoms with Crippen molar-refractivity contribution < 1.29 is 9.47 Å². The Hall–Kier alpha value is -3.91. The van der Waals surface area contributed by atoms with E-state index in [9.17, 15) is 0 Å². The fourth-order valence-electron chi connectivity index (χ4n) is 5.00. The Kier molecular flexibility index (Phi) is 6.36. The van der Waals surface area contributed by atoms with E-state index >= 15 is 0 Å². The maximum absolute atomic E-state index is 5.92. The number of anilines is 1. The second-order valence-electron chi connectivity index (χ2n) is 8.89. The monoisotopic (exact) mass is 499 g/mol. The quantitative estimate of drug-likeness (QED) is 0.357. The highest BCUT2D eigenvalue weighted by atomic mass is 32.1. The standard InChI is InChI=1S/C28H29N5O2S/c1-17-11-13-30-25(14-17)32-18(2)15-21(19(32)3)27-26(22-8-6-7-12-29-22)31-28(36)33(27)23-10-9-20(34-4)16-24(23)35-5/h6-16,26-27H,1-5H3,(H,31,36). The minimum absolute atomic E-state index is 0.162. The summed E-state index contributed by atoms with van der Waals surface area (Å²) < 4.78 is 13.4. The lowest BCUT2D eigenvalue weighted by atomic mass is 9.96. The van der Waals surface area contributed by atoms with Crippen molar-refractivity contribution in [3.8, 4) is 17.3 Å². The summed E-state index contributed by atoms with van der Waals surface area (Å²) in [5.41, 5.74) is 6.27. The molecule has 1 aromatic carbocycles. The topological polar surface area (TPSA) is 64.4 Å². The van der Waals surface area contributed by atoms with E-state index < -0.39 is 0 Å². The van der Waals surface area contributed by atoms with Gasteiger partial charge in [-0.05, 0) is 86.6 Å². The smallest absolute Gasteiger partial charge is 0.174 e. The average molecular weight is 500 g/mol. The van der Waals surface area contributed by atoms with Crippen LogP contribution in [-0.4, -0.2) is 33.9 Å². The number of hydrogen-bond acceptors (Lipinski definition) is 5. The molecule has 0 bridgehead atoms. The van der Waals surface area contributed by atoms with E-state index in [1.165, 1.54) is 0 Å². The minimum atomic E-state index is -0.167. The van der Waals surface area contributed by atoms with Crippen LogP contribution in [0, 0.1) is 20.8 Å². The number of rotatable bonds is 6. The van der Waals surface area contributed by atoms with E-state index in [1.54, 1.807) is 14.2 Å². The summed E-state index contributed by atoms with van der Waals surface area (Å²) in [7, 11) is 3.30. The highest BCUT2D eigenvalue weighted by Crippen LogP contribution is 2.46. The summed E-state index contributed by atoms with van der Waals surface area (Å²) in [5, 5.41) is 4.14. The number of pyridine rings is 2. The molecular weight excluding hydrogens is 470 g/mol. The Balaban J connectivity index is 1.70. The molecule has 2 atom stereocenters. The van der Waals surface area contributed by atoms with Crippen LogP contribution in [0.25, 0.3) is 5.82 Å². The van der Waals surface area contributed by atoms with E-state index in [0.717, 1.165) is 45.5 Å². The molecule has 0 radical (unpaired) electrons. The van der Waals surface area contributed by atoms with Gasteiger partial charge in [-0.3, -0.25) is 4.98 Å². The van der Waals surface area contributed by atoms with Crippen LogP contribution >= 0.6 is 12.2 Å². The van der Waals surface area contributed by atoms with Gasteiger partial charge in [-0.25, -0.2) is 4.98 Å². The lowest BCUT2D eigenvalue weighted by molar-refractivity contribution is 0.394. The number of methoxy groups -OCH3 is 2. The zero-order chi connectivity index (χ0) is 25.4. The highest BCUT2D eigenvalue weighted by molar-refractivity contribution is 7.80. The molecule has 1 aliphatic rings. The molecule has 0 aliphatic carbocycles. The predicted octanol–water partition coefficient (Wildman–Crippen LogP) is 5.39. The zero-order valence-electron chi connectivity index (χ0n) is 21.0. The first-order valence-electron chi connectivity index (χ1n) is 11.8. The number of hydrogen-bond donors (Lipinski definition) is 1. The van der Waals surface area contributed by atoms with Gasteiger partial charge in [-0.15, -0.1) is 0 Å². The predicted molar refractivity (Wildman–Crippen MR) is 145 cm³/mol. The molecular formula is C28H29N5O2S. The molecule has 4 heterocycles. The van der Waals surface area contributed by atoms with Crippen molar-refractivity contribution in [2.45, 2.75) is 32.9 Å². The Labute approximate surface area is 216 Å². The zero-order valence-corrected chi connectivity index (χ0v) is 21.8. The number of benzene rings is 1. The first kappa shape index (κ1) is 23.8. The minimum Gasteiger partial charge on any atom is -0.497 e. The van der Waals surface area contributed by atoms with Gasteiger partial charge in [0.15, 0.2) is 5.11 Å². The fraction of sp³-hybridized carbons (Fsp3) is 0.250. The molecule has 1 saturated heterocycles. The molecule has 1 N–H and O–H groups in total. The van der Waals surface area contributed by atoms with E-state index in [2.05, 4.69) is 57.7 Å². The second-order valence-corrected chi connectivity index (χ2v) is 9.27. The molecule has 36 heavy (non-hydrogen) atoms. The van der Waals surface area contributed by atoms with Gasteiger partial charge in [0.1, 0.15) is 17.3 Å². The van der Waals surface area contributed by atoms with Crippen LogP contribution in [0.3, 0.4) is 0 Å². The van der Waals surface area contributed by atoms with Crippen LogP contribution in [-0.2, 0) is 0 Å². The number of nitrogens with zero attached hydrogens (tertiary/aromatic N) is 4. The van der Waals surface area contributed by atoms with Gasteiger partial charge >= 0.3 is 0 Å². The summed E-state index contributed by atoms with van der Waals surface area (Å²) in [4.78, 5) is 11.5. The molecule has 7 nitrogen and oxygen atoms in total. The van der Waals surface area contributed by atoms with E-state index in [1.807, 2.05) is 54.9 Å². The first-order chi connectivity index (χ1) is 17.4. The number of aryl methyl sites for hydroxylation is 2. The first-order valence-corrected chi connectivity index (χ1v) is 12.2. The number of nitrogens with one attached hydrogen (secondary N) is 1. The van der Waals surface area contributed by atoms with Crippen molar-refractivity contribution in [2.75, 3.05) is 19.1 Å². The average Bonchev–Trinajstić information content (AvgIpc) is 3.38. The van der Waals surface area contributed by atoms with Crippen molar-refractivity contribution in [1.29, 1.82) is 0 Å². The number of aromatic nitrogens is 3. The van der Waals surface area contributed by atoms with Crippen LogP contribution in [0.5, 0.6) is 11.5 Å². The molecule has 8 heteroatoms. The number of thiocarbonyl (C=S) groups is 1. The maximum atomic E-state index is 5.92. The van der Waals surface area contributed by atoms with Crippen molar-refractivity contribution in [2.24, 2.45) is 0 Å². The highest BCUT2D eigenvalue weighted by Gasteiger charge is 2.43. The lowest BCUT2D eigenvalue weighted by Gasteiger charge is -2.29. The van der Waals surface area contributed by atoms with Gasteiger partial charge in [-0.2, -0.15) is 0 Å². The van der Waals surface area contributed by atoms with Gasteiger partial charge in [0, 0.05) is 29.8 Å². The summed E-state index contributed by atoms with van der Waals surface area (Å²) >= 11 is 5.92. The normalized spacial score (nSPS) is 17.2. The SMILES string of the molecule is COc1ccc(N2C(=S)NC(c3ccccn3)C2c2cc(C)n(-c3cc(C)ccn3)c2C)c(OC)c1. The molecule has 1 aliphatic heterocycles. The van der Waals surface area contributed by atoms with Crippen LogP contribution < -0.4 is 19.7 Å². The van der Waals surface area contributed by atoms with Crippen molar-refractivity contribution in [3.63, 3.8) is 0 Å². The molecule has 0 spiro atoms. The Morgan fingerprint density at radius 2 is 1.75 bits per heavy atom. The lowest BCUT2D eigenvalue weighted by Crippen LogP contribution is -2.30. The molecule has 0 amide bonds. The summed E-state index contributed by atoms with van der Waals surface area (Å²) in [6.07, 6.45) is 3.66. The van der Waals surface area contributed by atoms with Crippen molar-refractivity contribution in [1.82, 2.24) is 19.9 Å². The Morgan fingerprint density at radius 3 is 2.44 bits per heavy atom. The van der Waals surface area contributed by atoms with Crippen molar-refractivity contribution in [3.05, 3.63) is 95.2 Å². The van der Waals surface area contributed by atoms with Crippen LogP contribution in [0.4, 0.5) is 5.69 Å². The molecule has 184 valence electrons. The molecule has 2 unspecified atom stereocenters. The van der Waals surface area contributed by atoms with Crippen LogP contribution in [0.2, 0.25) is 0 Å². The Bertz CT molecular complexity index is 1420. The van der Waals surface area contributed by atoms with Crippen molar-refractivity contribution >= 4 is 23.0 Å². The van der Waals surface area contributed by atoms with Gasteiger partial charge in [-0.1, -0.05) is 6.07 Å². The summed E-state index contributed by atoms with van der Waals surface area (Å²) in [6, 6.07) is 17.7. The van der Waals surface area contributed by atoms with Gasteiger partial charge in [0.2, 0.25) is 0 Å². The van der Waals surface area contributed by atoms with E-state index in [4.69, 9.17) is 21.7 Å². The molecule has 3 aromatic heterocycles. The van der Waals surface area contributed by atoms with Gasteiger partial charge in [0.25, 0.3) is 0 Å². The molecule has 4 aromatic rings. The third kappa shape index (κ3) is 4.07.